The van der Waals surface area contributed by atoms with Gasteiger partial charge in [0.1, 0.15) is 6.79 Å². The van der Waals surface area contributed by atoms with Crippen LogP contribution in [0, 0.1) is 6.92 Å². The van der Waals surface area contributed by atoms with Crippen molar-refractivity contribution in [2.45, 2.75) is 93.9 Å². The highest BCUT2D eigenvalue weighted by Crippen LogP contribution is 2.14. The van der Waals surface area contributed by atoms with Gasteiger partial charge in [-0.3, -0.25) is 14.4 Å². The molecule has 0 amide bonds. The van der Waals surface area contributed by atoms with Crippen LogP contribution >= 0.6 is 0 Å². The Balaban J connectivity index is -0.00000108. The second-order valence-corrected chi connectivity index (χ2v) is 6.67. The number of Topliss-reactive ketones (excluding diaryl/α,β-unsaturated/α-hetero) is 3. The average molecular weight is 471 g/mol. The van der Waals surface area contributed by atoms with E-state index in [-0.39, 0.29) is 17.3 Å². The van der Waals surface area contributed by atoms with Crippen molar-refractivity contribution in [1.29, 1.82) is 0 Å². The van der Waals surface area contributed by atoms with E-state index in [1.165, 1.54) is 0 Å². The van der Waals surface area contributed by atoms with Crippen molar-refractivity contribution in [3.63, 3.8) is 0 Å². The van der Waals surface area contributed by atoms with Gasteiger partial charge in [0.2, 0.25) is 0 Å². The van der Waals surface area contributed by atoms with Gasteiger partial charge in [0.15, 0.2) is 17.3 Å². The molecule has 0 fully saturated rings. The Morgan fingerprint density at radius 3 is 1.12 bits per heavy atom. The molecule has 190 valence electrons. The Morgan fingerprint density at radius 1 is 0.559 bits per heavy atom. The number of hydrogen-bond acceptors (Lipinski definition) is 4. The molecule has 0 aromatic heterocycles. The molecule has 4 heteroatoms. The number of ketones is 3. The maximum Gasteiger partial charge on any atom is 0.162 e. The Morgan fingerprint density at radius 2 is 0.824 bits per heavy atom. The molecule has 0 aliphatic carbocycles. The lowest BCUT2D eigenvalue weighted by atomic mass is 9.99. The van der Waals surface area contributed by atoms with Gasteiger partial charge in [-0.15, -0.1) is 0 Å². The highest BCUT2D eigenvalue weighted by molar-refractivity contribution is 6.00. The molecule has 0 aliphatic rings. The summed E-state index contributed by atoms with van der Waals surface area (Å²) in [6, 6.07) is 14.4. The number of unbranched alkanes of at least 4 members (excludes halogenated alkanes) is 1. The zero-order chi connectivity index (χ0) is 26.9. The minimum absolute atomic E-state index is 0.00858. The Hall–Kier alpha value is -2.88. The molecule has 2 aromatic carbocycles. The zero-order valence-corrected chi connectivity index (χ0v) is 22.7. The van der Waals surface area contributed by atoms with Crippen LogP contribution in [0.1, 0.15) is 124 Å². The molecule has 0 atom stereocenters. The molecule has 0 aliphatic heterocycles. The molecule has 0 unspecified atom stereocenters. The van der Waals surface area contributed by atoms with Crippen LogP contribution in [0.3, 0.4) is 0 Å². The smallest absolute Gasteiger partial charge is 0.162 e. The number of aryl methyl sites for hydroxylation is 1. The molecule has 34 heavy (non-hydrogen) atoms. The fourth-order valence-corrected chi connectivity index (χ4v) is 2.76. The van der Waals surface area contributed by atoms with Crippen LogP contribution in [-0.2, 0) is 4.79 Å². The maximum atomic E-state index is 12.3. The summed E-state index contributed by atoms with van der Waals surface area (Å²) in [4.78, 5) is 44.4. The van der Waals surface area contributed by atoms with Crippen molar-refractivity contribution in [2.75, 3.05) is 0 Å². The standard InChI is InChI=1S/C23H26O3.3C2H6.CH2O/c1-3-4-6-21(24)19-13-15-20(16-14-19)23(26)8-5-7-22(25)18-11-9-17(2)10-12-18;4*1-2/h9-16H,3-8H2,1-2H3;3*1-2H3;1H2. The highest BCUT2D eigenvalue weighted by Gasteiger charge is 2.11. The van der Waals surface area contributed by atoms with E-state index in [9.17, 15) is 14.4 Å². The van der Waals surface area contributed by atoms with E-state index in [1.807, 2.05) is 79.5 Å². The lowest BCUT2D eigenvalue weighted by Gasteiger charge is -2.04. The second kappa shape index (κ2) is 24.8. The highest BCUT2D eigenvalue weighted by atomic mass is 16.1. The Labute approximate surface area is 208 Å². The SMILES string of the molecule is C=O.CC.CC.CC.CCCCC(=O)c1ccc(C(=O)CCCC(=O)c2ccc(C)cc2)cc1. The summed E-state index contributed by atoms with van der Waals surface area (Å²) in [6.45, 7) is 18.0. The number of carbonyl (C=O) groups excluding carboxylic acids is 4. The number of benzene rings is 2. The monoisotopic (exact) mass is 470 g/mol. The summed E-state index contributed by atoms with van der Waals surface area (Å²) in [5, 5.41) is 0. The van der Waals surface area contributed by atoms with Crippen LogP contribution < -0.4 is 0 Å². The third-order valence-corrected chi connectivity index (χ3v) is 4.47. The van der Waals surface area contributed by atoms with Gasteiger partial charge in [0.05, 0.1) is 0 Å². The van der Waals surface area contributed by atoms with Crippen LogP contribution in [0.15, 0.2) is 48.5 Å². The fourth-order valence-electron chi connectivity index (χ4n) is 2.76. The van der Waals surface area contributed by atoms with Crippen LogP contribution in [0.2, 0.25) is 0 Å². The van der Waals surface area contributed by atoms with Gasteiger partial charge in [-0.25, -0.2) is 0 Å². The van der Waals surface area contributed by atoms with E-state index < -0.39 is 0 Å². The molecule has 2 rings (SSSR count). The molecule has 0 bridgehead atoms. The number of carbonyl (C=O) groups is 4. The normalized spacial score (nSPS) is 8.71. The minimum Gasteiger partial charge on any atom is -0.307 e. The first-order valence-electron chi connectivity index (χ1n) is 12.6. The molecular weight excluding hydrogens is 424 g/mol. The molecule has 0 spiro atoms. The predicted molar refractivity (Wildman–Crippen MR) is 145 cm³/mol. The van der Waals surface area contributed by atoms with Gasteiger partial charge in [0.25, 0.3) is 0 Å². The van der Waals surface area contributed by atoms with Crippen LogP contribution in [0.25, 0.3) is 0 Å². The lowest BCUT2D eigenvalue weighted by Crippen LogP contribution is -2.04. The van der Waals surface area contributed by atoms with Crippen molar-refractivity contribution < 1.29 is 19.2 Å². The molecule has 0 saturated carbocycles. The summed E-state index contributed by atoms with van der Waals surface area (Å²) in [5.41, 5.74) is 3.07. The van der Waals surface area contributed by atoms with Gasteiger partial charge in [0, 0.05) is 36.0 Å². The van der Waals surface area contributed by atoms with E-state index in [1.54, 1.807) is 24.3 Å². The predicted octanol–water partition coefficient (Wildman–Crippen LogP) is 8.50. The average Bonchev–Trinajstić information content (AvgIpc) is 2.92. The largest absolute Gasteiger partial charge is 0.307 e. The second-order valence-electron chi connectivity index (χ2n) is 6.67. The summed E-state index contributed by atoms with van der Waals surface area (Å²) >= 11 is 0. The minimum atomic E-state index is 0.00858. The Kier molecular flexibility index (Phi) is 26.0. The topological polar surface area (TPSA) is 68.3 Å². The lowest BCUT2D eigenvalue weighted by molar-refractivity contribution is -0.0980. The molecule has 0 radical (unpaired) electrons. The third kappa shape index (κ3) is 15.0. The quantitative estimate of drug-likeness (QED) is 0.326. The number of rotatable bonds is 10. The first-order valence-corrected chi connectivity index (χ1v) is 12.6. The number of hydrogen-bond donors (Lipinski definition) is 0. The van der Waals surface area contributed by atoms with Crippen LogP contribution in [0.4, 0.5) is 0 Å². The van der Waals surface area contributed by atoms with Gasteiger partial charge in [-0.1, -0.05) is 109 Å². The van der Waals surface area contributed by atoms with Gasteiger partial charge < -0.3 is 4.79 Å². The summed E-state index contributed by atoms with van der Waals surface area (Å²) in [6.07, 6.45) is 3.65. The Bertz CT molecular complexity index is 774. The van der Waals surface area contributed by atoms with Crippen LogP contribution in [-0.4, -0.2) is 24.1 Å². The van der Waals surface area contributed by atoms with E-state index in [2.05, 4.69) is 6.92 Å². The fraction of sp³-hybridized carbons (Fsp3) is 0.467. The van der Waals surface area contributed by atoms with Gasteiger partial charge in [-0.2, -0.15) is 0 Å². The molecule has 4 nitrogen and oxygen atoms in total. The zero-order valence-electron chi connectivity index (χ0n) is 22.7. The molecule has 0 N–H and O–H groups in total. The van der Waals surface area contributed by atoms with Gasteiger partial charge in [-0.05, 0) is 19.8 Å². The molecule has 0 heterocycles. The summed E-state index contributed by atoms with van der Waals surface area (Å²) in [7, 11) is 0. The van der Waals surface area contributed by atoms with E-state index in [0.717, 1.165) is 18.4 Å². The molecule has 2 aromatic rings. The van der Waals surface area contributed by atoms with E-state index >= 15 is 0 Å². The molecular formula is C30H46O4. The third-order valence-electron chi connectivity index (χ3n) is 4.47. The van der Waals surface area contributed by atoms with Gasteiger partial charge >= 0.3 is 0 Å². The maximum absolute atomic E-state index is 12.3. The first-order chi connectivity index (χ1) is 16.5. The van der Waals surface area contributed by atoms with Crippen molar-refractivity contribution >= 4 is 24.1 Å². The summed E-state index contributed by atoms with van der Waals surface area (Å²) in [5.74, 6) is 0.193. The van der Waals surface area contributed by atoms with Crippen molar-refractivity contribution in [3.8, 4) is 0 Å². The van der Waals surface area contributed by atoms with Crippen molar-refractivity contribution in [1.82, 2.24) is 0 Å². The van der Waals surface area contributed by atoms with Crippen LogP contribution in [0.5, 0.6) is 0 Å². The van der Waals surface area contributed by atoms with E-state index in [4.69, 9.17) is 4.79 Å². The molecule has 0 saturated heterocycles. The summed E-state index contributed by atoms with van der Waals surface area (Å²) < 4.78 is 0. The van der Waals surface area contributed by atoms with Crippen molar-refractivity contribution in [2.24, 2.45) is 0 Å². The van der Waals surface area contributed by atoms with E-state index in [0.29, 0.717) is 42.4 Å². The first kappa shape index (κ1) is 35.7. The van der Waals surface area contributed by atoms with Crippen molar-refractivity contribution in [3.05, 3.63) is 70.8 Å².